The molecule has 1 saturated heterocycles. The lowest BCUT2D eigenvalue weighted by Crippen LogP contribution is -2.47. The van der Waals surface area contributed by atoms with Gasteiger partial charge in [0.15, 0.2) is 11.5 Å². The molecule has 1 aliphatic carbocycles. The number of carbonyl (C=O) groups excluding carboxylic acids is 1. The first-order valence-corrected chi connectivity index (χ1v) is 11.3. The minimum absolute atomic E-state index is 0.0650. The lowest BCUT2D eigenvalue weighted by molar-refractivity contribution is 0.0869. The van der Waals surface area contributed by atoms with E-state index in [1.54, 1.807) is 0 Å². The largest absolute Gasteiger partial charge is 0.352 e. The summed E-state index contributed by atoms with van der Waals surface area (Å²) in [7, 11) is 2.15. The molecule has 0 unspecified atom stereocenters. The molecule has 31 heavy (non-hydrogen) atoms. The Kier molecular flexibility index (Phi) is 5.70. The number of nitrogens with one attached hydrogen (secondary N) is 1. The van der Waals surface area contributed by atoms with Gasteiger partial charge in [-0.3, -0.25) is 19.0 Å². The summed E-state index contributed by atoms with van der Waals surface area (Å²) in [5.74, 6) is 1.73. The van der Waals surface area contributed by atoms with Crippen LogP contribution >= 0.6 is 0 Å². The first-order valence-electron chi connectivity index (χ1n) is 11.3. The molecular weight excluding hydrogens is 388 g/mol. The Hall–Kier alpha value is -2.77. The number of pyridine rings is 1. The van der Waals surface area contributed by atoms with E-state index in [4.69, 9.17) is 0 Å². The minimum atomic E-state index is -0.0650. The normalized spacial score (nSPS) is 20.2. The summed E-state index contributed by atoms with van der Waals surface area (Å²) in [6, 6.07) is 14.1. The molecule has 1 amide bonds. The standard InChI is InChI=1S/C24H30N6O/c1-28-13-14-29(15-19-7-8-19)17-21(28)23-27-26-22-10-9-20(16-30(22)23)24(31)25-12-11-18-5-3-2-4-6-18/h2-6,9-10,16,19,21H,7-8,11-15,17H2,1H3,(H,25,31)/t21-/m1/s1. The number of likely N-dealkylation sites (N-methyl/N-ethyl adjacent to an activating group) is 1. The van der Waals surface area contributed by atoms with Crippen molar-refractivity contribution in [1.29, 1.82) is 0 Å². The van der Waals surface area contributed by atoms with Crippen molar-refractivity contribution in [1.82, 2.24) is 29.7 Å². The number of aromatic nitrogens is 3. The van der Waals surface area contributed by atoms with E-state index in [-0.39, 0.29) is 11.9 Å². The summed E-state index contributed by atoms with van der Waals surface area (Å²) in [6.45, 7) is 4.89. The number of rotatable bonds is 7. The lowest BCUT2D eigenvalue weighted by atomic mass is 10.1. The fourth-order valence-electron chi connectivity index (χ4n) is 4.38. The molecule has 1 saturated carbocycles. The predicted molar refractivity (Wildman–Crippen MR) is 120 cm³/mol. The van der Waals surface area contributed by atoms with Gasteiger partial charge in [0.1, 0.15) is 0 Å². The molecule has 5 rings (SSSR count). The molecule has 0 bridgehead atoms. The molecule has 7 heteroatoms. The van der Waals surface area contributed by atoms with Gasteiger partial charge >= 0.3 is 0 Å². The molecule has 1 atom stereocenters. The van der Waals surface area contributed by atoms with Crippen LogP contribution in [0.25, 0.3) is 5.65 Å². The smallest absolute Gasteiger partial charge is 0.252 e. The maximum absolute atomic E-state index is 12.7. The topological polar surface area (TPSA) is 65.8 Å². The van der Waals surface area contributed by atoms with E-state index in [2.05, 4.69) is 44.5 Å². The van der Waals surface area contributed by atoms with Crippen LogP contribution in [0.3, 0.4) is 0 Å². The number of nitrogens with zero attached hydrogens (tertiary/aromatic N) is 5. The van der Waals surface area contributed by atoms with Crippen LogP contribution in [0.15, 0.2) is 48.7 Å². The van der Waals surface area contributed by atoms with E-state index in [0.29, 0.717) is 12.1 Å². The van der Waals surface area contributed by atoms with Crippen LogP contribution in [-0.4, -0.2) is 70.1 Å². The van der Waals surface area contributed by atoms with Crippen LogP contribution in [-0.2, 0) is 6.42 Å². The average Bonchev–Trinajstić information content (AvgIpc) is 3.51. The highest BCUT2D eigenvalue weighted by Crippen LogP contribution is 2.32. The van der Waals surface area contributed by atoms with Gasteiger partial charge in [-0.1, -0.05) is 30.3 Å². The molecule has 1 aromatic carbocycles. The van der Waals surface area contributed by atoms with Crippen LogP contribution < -0.4 is 5.32 Å². The summed E-state index contributed by atoms with van der Waals surface area (Å²) in [5, 5.41) is 11.9. The van der Waals surface area contributed by atoms with Gasteiger partial charge in [-0.05, 0) is 49.9 Å². The Morgan fingerprint density at radius 3 is 2.74 bits per heavy atom. The monoisotopic (exact) mass is 418 g/mol. The van der Waals surface area contributed by atoms with Crippen LogP contribution in [0.4, 0.5) is 0 Å². The maximum atomic E-state index is 12.7. The molecule has 2 fully saturated rings. The van der Waals surface area contributed by atoms with Gasteiger partial charge in [-0.15, -0.1) is 10.2 Å². The second-order valence-electron chi connectivity index (χ2n) is 8.90. The molecule has 3 aromatic rings. The molecule has 1 N–H and O–H groups in total. The molecular formula is C24H30N6O. The summed E-state index contributed by atoms with van der Waals surface area (Å²) in [6.07, 6.45) is 5.44. The van der Waals surface area contributed by atoms with Crippen LogP contribution in [0.1, 0.15) is 40.6 Å². The van der Waals surface area contributed by atoms with Gasteiger partial charge in [0.2, 0.25) is 0 Å². The van der Waals surface area contributed by atoms with E-state index >= 15 is 0 Å². The zero-order valence-electron chi connectivity index (χ0n) is 18.1. The van der Waals surface area contributed by atoms with Gasteiger partial charge < -0.3 is 5.32 Å². The van der Waals surface area contributed by atoms with Gasteiger partial charge in [-0.2, -0.15) is 0 Å². The van der Waals surface area contributed by atoms with Crippen molar-refractivity contribution in [2.45, 2.75) is 25.3 Å². The Morgan fingerprint density at radius 1 is 1.10 bits per heavy atom. The number of carbonyl (C=O) groups is 1. The van der Waals surface area contributed by atoms with Crippen molar-refractivity contribution < 1.29 is 4.79 Å². The summed E-state index contributed by atoms with van der Waals surface area (Å²) in [4.78, 5) is 17.7. The number of piperazine rings is 1. The van der Waals surface area contributed by atoms with Crippen molar-refractivity contribution in [3.05, 3.63) is 65.6 Å². The number of hydrogen-bond acceptors (Lipinski definition) is 5. The number of benzene rings is 1. The summed E-state index contributed by atoms with van der Waals surface area (Å²) in [5.41, 5.74) is 2.63. The molecule has 0 radical (unpaired) electrons. The quantitative estimate of drug-likeness (QED) is 0.638. The predicted octanol–water partition coefficient (Wildman–Crippen LogP) is 2.40. The second-order valence-corrected chi connectivity index (χ2v) is 8.90. The molecule has 1 aliphatic heterocycles. The molecule has 3 heterocycles. The lowest BCUT2D eigenvalue weighted by Gasteiger charge is -2.38. The fourth-order valence-corrected chi connectivity index (χ4v) is 4.38. The highest BCUT2D eigenvalue weighted by Gasteiger charge is 2.32. The van der Waals surface area contributed by atoms with E-state index in [0.717, 1.165) is 43.4 Å². The maximum Gasteiger partial charge on any atom is 0.252 e. The Bertz CT molecular complexity index is 1040. The highest BCUT2D eigenvalue weighted by atomic mass is 16.1. The molecule has 162 valence electrons. The van der Waals surface area contributed by atoms with Gasteiger partial charge in [0.25, 0.3) is 5.91 Å². The summed E-state index contributed by atoms with van der Waals surface area (Å²) >= 11 is 0. The Balaban J connectivity index is 1.30. The van der Waals surface area contributed by atoms with Crippen molar-refractivity contribution in [2.24, 2.45) is 5.92 Å². The van der Waals surface area contributed by atoms with Crippen molar-refractivity contribution in [2.75, 3.05) is 39.8 Å². The van der Waals surface area contributed by atoms with E-state index in [1.807, 2.05) is 40.9 Å². The van der Waals surface area contributed by atoms with Crippen molar-refractivity contribution >= 4 is 11.6 Å². The third kappa shape index (κ3) is 4.62. The van der Waals surface area contributed by atoms with E-state index < -0.39 is 0 Å². The number of amides is 1. The number of hydrogen-bond donors (Lipinski definition) is 1. The van der Waals surface area contributed by atoms with Gasteiger partial charge in [0, 0.05) is 38.9 Å². The first kappa shape index (κ1) is 20.2. The van der Waals surface area contributed by atoms with E-state index in [1.165, 1.54) is 24.9 Å². The van der Waals surface area contributed by atoms with Crippen molar-refractivity contribution in [3.8, 4) is 0 Å². The van der Waals surface area contributed by atoms with Crippen LogP contribution in [0.5, 0.6) is 0 Å². The third-order valence-electron chi connectivity index (χ3n) is 6.48. The fraction of sp³-hybridized carbons (Fsp3) is 0.458. The van der Waals surface area contributed by atoms with Crippen LogP contribution in [0.2, 0.25) is 0 Å². The average molecular weight is 419 g/mol. The Morgan fingerprint density at radius 2 is 1.94 bits per heavy atom. The van der Waals surface area contributed by atoms with Gasteiger partial charge in [0.05, 0.1) is 11.6 Å². The summed E-state index contributed by atoms with van der Waals surface area (Å²) < 4.78 is 1.99. The first-order chi connectivity index (χ1) is 15.2. The third-order valence-corrected chi connectivity index (χ3v) is 6.48. The molecule has 2 aliphatic rings. The zero-order chi connectivity index (χ0) is 21.2. The van der Waals surface area contributed by atoms with Gasteiger partial charge in [-0.25, -0.2) is 0 Å². The molecule has 0 spiro atoms. The Labute approximate surface area is 183 Å². The highest BCUT2D eigenvalue weighted by molar-refractivity contribution is 5.94. The zero-order valence-corrected chi connectivity index (χ0v) is 18.1. The van der Waals surface area contributed by atoms with Crippen LogP contribution in [0, 0.1) is 5.92 Å². The minimum Gasteiger partial charge on any atom is -0.352 e. The van der Waals surface area contributed by atoms with E-state index in [9.17, 15) is 4.79 Å². The van der Waals surface area contributed by atoms with Crippen molar-refractivity contribution in [3.63, 3.8) is 0 Å². The molecule has 7 nitrogen and oxygen atoms in total. The molecule has 2 aromatic heterocycles. The second kappa shape index (κ2) is 8.77. The number of fused-ring (bicyclic) bond motifs is 1. The SMILES string of the molecule is CN1CCN(CC2CC2)C[C@@H]1c1nnc2ccc(C(=O)NCCc3ccccc3)cn12.